The van der Waals surface area contributed by atoms with E-state index in [1.54, 1.807) is 0 Å². The molecular weight excluding hydrogens is 218 g/mol. The number of hydrogen-bond acceptors (Lipinski definition) is 4. The van der Waals surface area contributed by atoms with Crippen molar-refractivity contribution in [1.82, 2.24) is 0 Å². The summed E-state index contributed by atoms with van der Waals surface area (Å²) < 4.78 is 16.0. The Balaban J connectivity index is 1.57. The predicted molar refractivity (Wildman–Crippen MR) is 64.6 cm³/mol. The lowest BCUT2D eigenvalue weighted by molar-refractivity contribution is 0.0699. The lowest BCUT2D eigenvalue weighted by Crippen LogP contribution is -2.22. The van der Waals surface area contributed by atoms with E-state index in [9.17, 15) is 0 Å². The molecule has 4 heteroatoms. The van der Waals surface area contributed by atoms with Gasteiger partial charge in [0.05, 0.1) is 0 Å². The second-order valence-corrected chi connectivity index (χ2v) is 4.50. The highest BCUT2D eigenvalue weighted by atomic mass is 16.7. The van der Waals surface area contributed by atoms with E-state index in [-0.39, 0.29) is 0 Å². The third-order valence-electron chi connectivity index (χ3n) is 3.31. The Morgan fingerprint density at radius 3 is 2.82 bits per heavy atom. The van der Waals surface area contributed by atoms with Crippen LogP contribution in [0.5, 0.6) is 11.5 Å². The van der Waals surface area contributed by atoms with Crippen LogP contribution in [0.4, 0.5) is 5.69 Å². The van der Waals surface area contributed by atoms with Gasteiger partial charge in [0, 0.05) is 31.5 Å². The van der Waals surface area contributed by atoms with Crippen LogP contribution in [-0.2, 0) is 4.74 Å². The number of anilines is 1. The molecule has 92 valence electrons. The molecule has 2 aliphatic heterocycles. The van der Waals surface area contributed by atoms with Crippen LogP contribution in [-0.4, -0.2) is 26.6 Å². The zero-order valence-corrected chi connectivity index (χ0v) is 9.78. The Hall–Kier alpha value is -1.42. The largest absolute Gasteiger partial charge is 0.454 e. The molecule has 0 atom stereocenters. The minimum atomic E-state index is 0.332. The summed E-state index contributed by atoms with van der Waals surface area (Å²) in [6.07, 6.45) is 2.30. The molecular formula is C13H17NO3. The van der Waals surface area contributed by atoms with Gasteiger partial charge >= 0.3 is 0 Å². The Kier molecular flexibility index (Phi) is 3.05. The van der Waals surface area contributed by atoms with E-state index in [1.165, 1.54) is 0 Å². The molecule has 4 nitrogen and oxygen atoms in total. The molecule has 1 saturated heterocycles. The average molecular weight is 235 g/mol. The molecule has 0 bridgehead atoms. The first-order chi connectivity index (χ1) is 8.42. The van der Waals surface area contributed by atoms with Gasteiger partial charge < -0.3 is 19.5 Å². The molecule has 1 N–H and O–H groups in total. The number of ether oxygens (including phenoxy) is 3. The first-order valence-electron chi connectivity index (χ1n) is 6.13. The Morgan fingerprint density at radius 1 is 1.12 bits per heavy atom. The molecule has 1 fully saturated rings. The van der Waals surface area contributed by atoms with Crippen LogP contribution in [0.25, 0.3) is 0 Å². The van der Waals surface area contributed by atoms with E-state index < -0.39 is 0 Å². The molecule has 2 aliphatic rings. The van der Waals surface area contributed by atoms with Crippen molar-refractivity contribution in [3.8, 4) is 11.5 Å². The zero-order chi connectivity index (χ0) is 11.5. The van der Waals surface area contributed by atoms with Crippen molar-refractivity contribution in [2.75, 3.05) is 31.9 Å². The monoisotopic (exact) mass is 235 g/mol. The summed E-state index contributed by atoms with van der Waals surface area (Å²) in [5, 5.41) is 3.45. The van der Waals surface area contributed by atoms with Crippen LogP contribution in [0, 0.1) is 5.92 Å². The molecule has 3 rings (SSSR count). The minimum absolute atomic E-state index is 0.332. The summed E-state index contributed by atoms with van der Waals surface area (Å²) in [6, 6.07) is 5.99. The van der Waals surface area contributed by atoms with Crippen molar-refractivity contribution >= 4 is 5.69 Å². The molecule has 0 radical (unpaired) electrons. The van der Waals surface area contributed by atoms with Crippen LogP contribution < -0.4 is 14.8 Å². The molecule has 0 unspecified atom stereocenters. The van der Waals surface area contributed by atoms with E-state index in [0.29, 0.717) is 12.7 Å². The number of nitrogens with one attached hydrogen (secondary N) is 1. The fraction of sp³-hybridized carbons (Fsp3) is 0.538. The van der Waals surface area contributed by atoms with E-state index in [2.05, 4.69) is 5.32 Å². The fourth-order valence-electron chi connectivity index (χ4n) is 2.22. The van der Waals surface area contributed by atoms with Crippen LogP contribution in [0.3, 0.4) is 0 Å². The van der Waals surface area contributed by atoms with Crippen molar-refractivity contribution in [2.24, 2.45) is 5.92 Å². The summed E-state index contributed by atoms with van der Waals surface area (Å²) in [6.45, 7) is 3.13. The van der Waals surface area contributed by atoms with E-state index in [1.807, 2.05) is 18.2 Å². The van der Waals surface area contributed by atoms with Gasteiger partial charge in [0.1, 0.15) is 0 Å². The van der Waals surface area contributed by atoms with Gasteiger partial charge in [0.25, 0.3) is 0 Å². The van der Waals surface area contributed by atoms with Crippen LogP contribution in [0.2, 0.25) is 0 Å². The summed E-state index contributed by atoms with van der Waals surface area (Å²) in [7, 11) is 0. The summed E-state index contributed by atoms with van der Waals surface area (Å²) in [5.74, 6) is 2.39. The van der Waals surface area contributed by atoms with E-state index in [0.717, 1.165) is 49.8 Å². The van der Waals surface area contributed by atoms with Gasteiger partial charge in [-0.15, -0.1) is 0 Å². The van der Waals surface area contributed by atoms with Crippen LogP contribution in [0.1, 0.15) is 12.8 Å². The van der Waals surface area contributed by atoms with Gasteiger partial charge in [0.15, 0.2) is 11.5 Å². The zero-order valence-electron chi connectivity index (χ0n) is 9.78. The number of rotatable bonds is 3. The molecule has 1 aromatic rings. The lowest BCUT2D eigenvalue weighted by Gasteiger charge is -2.22. The third-order valence-corrected chi connectivity index (χ3v) is 3.31. The highest BCUT2D eigenvalue weighted by Crippen LogP contribution is 2.34. The van der Waals surface area contributed by atoms with Crippen molar-refractivity contribution in [1.29, 1.82) is 0 Å². The molecule has 0 aliphatic carbocycles. The maximum atomic E-state index is 5.35. The Labute approximate surface area is 101 Å². The van der Waals surface area contributed by atoms with E-state index >= 15 is 0 Å². The van der Waals surface area contributed by atoms with Crippen LogP contribution in [0.15, 0.2) is 18.2 Å². The smallest absolute Gasteiger partial charge is 0.231 e. The normalized spacial score (nSPS) is 19.3. The highest BCUT2D eigenvalue weighted by molar-refractivity contribution is 5.55. The number of hydrogen-bond donors (Lipinski definition) is 1. The minimum Gasteiger partial charge on any atom is -0.454 e. The molecule has 17 heavy (non-hydrogen) atoms. The summed E-state index contributed by atoms with van der Waals surface area (Å²) in [4.78, 5) is 0. The van der Waals surface area contributed by atoms with Crippen molar-refractivity contribution in [2.45, 2.75) is 12.8 Å². The standard InChI is InChI=1S/C13H17NO3/c1-2-12-13(17-9-16-12)7-11(1)14-8-10-3-5-15-6-4-10/h1-2,7,10,14H,3-6,8-9H2. The van der Waals surface area contributed by atoms with Crippen LogP contribution >= 0.6 is 0 Å². The number of benzene rings is 1. The Bertz CT molecular complexity index is 388. The third kappa shape index (κ3) is 2.47. The predicted octanol–water partition coefficient (Wildman–Crippen LogP) is 2.25. The first-order valence-corrected chi connectivity index (χ1v) is 6.13. The number of fused-ring (bicyclic) bond motifs is 1. The lowest BCUT2D eigenvalue weighted by atomic mass is 10.0. The average Bonchev–Trinajstić information content (AvgIpc) is 2.85. The summed E-state index contributed by atoms with van der Waals surface area (Å²) >= 11 is 0. The van der Waals surface area contributed by atoms with Gasteiger partial charge in [-0.25, -0.2) is 0 Å². The second-order valence-electron chi connectivity index (χ2n) is 4.50. The maximum Gasteiger partial charge on any atom is 0.231 e. The van der Waals surface area contributed by atoms with Crippen molar-refractivity contribution < 1.29 is 14.2 Å². The first kappa shape index (κ1) is 10.7. The molecule has 1 aromatic carbocycles. The SMILES string of the molecule is c1cc2c(cc1NCC1CCOCC1)OCO2. The fourth-order valence-corrected chi connectivity index (χ4v) is 2.22. The highest BCUT2D eigenvalue weighted by Gasteiger charge is 2.15. The van der Waals surface area contributed by atoms with Crippen molar-refractivity contribution in [3.05, 3.63) is 18.2 Å². The maximum absolute atomic E-state index is 5.35. The van der Waals surface area contributed by atoms with Gasteiger partial charge in [-0.2, -0.15) is 0 Å². The van der Waals surface area contributed by atoms with Gasteiger partial charge in [-0.1, -0.05) is 0 Å². The topological polar surface area (TPSA) is 39.7 Å². The Morgan fingerprint density at radius 2 is 1.94 bits per heavy atom. The molecule has 0 aromatic heterocycles. The molecule has 0 amide bonds. The van der Waals surface area contributed by atoms with Gasteiger partial charge in [-0.05, 0) is 30.9 Å². The quantitative estimate of drug-likeness (QED) is 0.872. The van der Waals surface area contributed by atoms with Crippen molar-refractivity contribution in [3.63, 3.8) is 0 Å². The molecule has 0 saturated carbocycles. The van der Waals surface area contributed by atoms with Gasteiger partial charge in [0.2, 0.25) is 6.79 Å². The molecule has 0 spiro atoms. The second kappa shape index (κ2) is 4.84. The van der Waals surface area contributed by atoms with Gasteiger partial charge in [-0.3, -0.25) is 0 Å². The summed E-state index contributed by atoms with van der Waals surface area (Å²) in [5.41, 5.74) is 1.10. The van der Waals surface area contributed by atoms with E-state index in [4.69, 9.17) is 14.2 Å². The molecule has 2 heterocycles.